The summed E-state index contributed by atoms with van der Waals surface area (Å²) in [6, 6.07) is 13.9. The molecule has 19 heavy (non-hydrogen) atoms. The molecular weight excluding hydrogens is 368 g/mol. The lowest BCUT2D eigenvalue weighted by Gasteiger charge is -2.21. The zero-order chi connectivity index (χ0) is 14.0. The maximum absolute atomic E-state index is 5.83. The lowest BCUT2D eigenvalue weighted by Crippen LogP contribution is -2.11. The number of halogens is 2. The van der Waals surface area contributed by atoms with Gasteiger partial charge in [-0.2, -0.15) is 0 Å². The number of hydrogen-bond acceptors (Lipinski definition) is 1. The highest BCUT2D eigenvalue weighted by atomic mass is 79.9. The Labute approximate surface area is 131 Å². The van der Waals surface area contributed by atoms with Gasteiger partial charge in [-0.05, 0) is 47.4 Å². The van der Waals surface area contributed by atoms with E-state index >= 15 is 0 Å². The van der Waals surface area contributed by atoms with Crippen LogP contribution in [-0.2, 0) is 5.41 Å². The van der Waals surface area contributed by atoms with Gasteiger partial charge in [-0.15, -0.1) is 0 Å². The molecule has 0 saturated carbocycles. The van der Waals surface area contributed by atoms with Crippen molar-refractivity contribution in [2.75, 3.05) is 0 Å². The van der Waals surface area contributed by atoms with E-state index < -0.39 is 0 Å². The van der Waals surface area contributed by atoms with Crippen LogP contribution in [0.5, 0.6) is 11.5 Å². The normalized spacial score (nSPS) is 11.4. The number of hydrogen-bond donors (Lipinski definition) is 0. The van der Waals surface area contributed by atoms with Gasteiger partial charge in [0.15, 0.2) is 0 Å². The van der Waals surface area contributed by atoms with Crippen molar-refractivity contribution in [3.63, 3.8) is 0 Å². The van der Waals surface area contributed by atoms with Gasteiger partial charge in [0.05, 0.1) is 0 Å². The Balaban J connectivity index is 2.23. The van der Waals surface area contributed by atoms with Crippen molar-refractivity contribution in [3.05, 3.63) is 57.0 Å². The predicted octanol–water partition coefficient (Wildman–Crippen LogP) is 6.30. The first-order valence-corrected chi connectivity index (χ1v) is 7.68. The highest BCUT2D eigenvalue weighted by Crippen LogP contribution is 2.33. The van der Waals surface area contributed by atoms with Gasteiger partial charge in [0.25, 0.3) is 0 Å². The van der Waals surface area contributed by atoms with Crippen LogP contribution in [0.3, 0.4) is 0 Å². The van der Waals surface area contributed by atoms with Gasteiger partial charge in [0.2, 0.25) is 0 Å². The first-order valence-electron chi connectivity index (χ1n) is 6.10. The minimum Gasteiger partial charge on any atom is -0.457 e. The van der Waals surface area contributed by atoms with Crippen LogP contribution in [0, 0.1) is 0 Å². The van der Waals surface area contributed by atoms with Crippen LogP contribution in [0.4, 0.5) is 0 Å². The largest absolute Gasteiger partial charge is 0.457 e. The second kappa shape index (κ2) is 5.68. The van der Waals surface area contributed by atoms with Crippen molar-refractivity contribution in [2.45, 2.75) is 26.2 Å². The fourth-order valence-corrected chi connectivity index (χ4v) is 3.02. The quantitative estimate of drug-likeness (QED) is 0.591. The molecule has 0 spiro atoms. The van der Waals surface area contributed by atoms with E-state index in [1.807, 2.05) is 36.4 Å². The summed E-state index contributed by atoms with van der Waals surface area (Å²) in [4.78, 5) is 0. The average molecular weight is 384 g/mol. The Bertz CT molecular complexity index is 568. The van der Waals surface area contributed by atoms with E-state index in [0.717, 1.165) is 20.4 Å². The van der Waals surface area contributed by atoms with Gasteiger partial charge >= 0.3 is 0 Å². The number of rotatable bonds is 2. The van der Waals surface area contributed by atoms with Crippen molar-refractivity contribution in [3.8, 4) is 11.5 Å². The molecule has 0 unspecified atom stereocenters. The molecule has 0 atom stereocenters. The monoisotopic (exact) mass is 382 g/mol. The third-order valence-electron chi connectivity index (χ3n) is 2.80. The van der Waals surface area contributed by atoms with Crippen molar-refractivity contribution in [2.24, 2.45) is 0 Å². The molecule has 2 rings (SSSR count). The third kappa shape index (κ3) is 3.83. The second-order valence-electron chi connectivity index (χ2n) is 5.45. The molecule has 0 aliphatic rings. The van der Waals surface area contributed by atoms with E-state index in [4.69, 9.17) is 4.74 Å². The van der Waals surface area contributed by atoms with Crippen LogP contribution >= 0.6 is 31.9 Å². The van der Waals surface area contributed by atoms with Gasteiger partial charge in [-0.1, -0.05) is 58.7 Å². The van der Waals surface area contributed by atoms with Crippen molar-refractivity contribution in [1.82, 2.24) is 0 Å². The first kappa shape index (κ1) is 14.6. The minimum atomic E-state index is 0.120. The Morgan fingerprint density at radius 3 is 1.95 bits per heavy atom. The molecule has 100 valence electrons. The molecular formula is C16H16Br2O. The Morgan fingerprint density at radius 1 is 0.842 bits per heavy atom. The average Bonchev–Trinajstić information content (AvgIpc) is 2.30. The molecule has 0 heterocycles. The Morgan fingerprint density at radius 2 is 1.42 bits per heavy atom. The van der Waals surface area contributed by atoms with E-state index in [2.05, 4.69) is 58.7 Å². The summed E-state index contributed by atoms with van der Waals surface area (Å²) < 4.78 is 7.95. The van der Waals surface area contributed by atoms with Gasteiger partial charge in [0, 0.05) is 8.95 Å². The Kier molecular flexibility index (Phi) is 4.36. The van der Waals surface area contributed by atoms with Crippen molar-refractivity contribution < 1.29 is 4.74 Å². The maximum Gasteiger partial charge on any atom is 0.128 e. The summed E-state index contributed by atoms with van der Waals surface area (Å²) in [6.07, 6.45) is 0. The molecule has 0 aliphatic carbocycles. The molecule has 0 aromatic heterocycles. The minimum absolute atomic E-state index is 0.120. The number of ether oxygens (including phenoxy) is 1. The van der Waals surface area contributed by atoms with Crippen LogP contribution in [-0.4, -0.2) is 0 Å². The summed E-state index contributed by atoms with van der Waals surface area (Å²) in [5.74, 6) is 1.67. The van der Waals surface area contributed by atoms with E-state index in [1.54, 1.807) is 0 Å². The van der Waals surface area contributed by atoms with Gasteiger partial charge in [-0.25, -0.2) is 0 Å². The van der Waals surface area contributed by atoms with E-state index in [9.17, 15) is 0 Å². The molecule has 0 saturated heterocycles. The molecule has 2 aromatic rings. The fraction of sp³-hybridized carbons (Fsp3) is 0.250. The summed E-state index contributed by atoms with van der Waals surface area (Å²) in [5, 5.41) is 0. The summed E-state index contributed by atoms with van der Waals surface area (Å²) in [7, 11) is 0. The van der Waals surface area contributed by atoms with Crippen molar-refractivity contribution in [1.29, 1.82) is 0 Å². The standard InChI is InChI=1S/C16H16Br2O/c1-16(2,3)14-9-8-13(10-15(14)18)19-12-6-4-11(17)5-7-12/h4-10H,1-3H3. The van der Waals surface area contributed by atoms with E-state index in [0.29, 0.717) is 0 Å². The van der Waals surface area contributed by atoms with Crippen LogP contribution in [0.2, 0.25) is 0 Å². The lowest BCUT2D eigenvalue weighted by molar-refractivity contribution is 0.481. The van der Waals surface area contributed by atoms with Crippen LogP contribution in [0.15, 0.2) is 51.4 Å². The smallest absolute Gasteiger partial charge is 0.128 e. The highest BCUT2D eigenvalue weighted by Gasteiger charge is 2.17. The maximum atomic E-state index is 5.83. The van der Waals surface area contributed by atoms with Gasteiger partial charge in [-0.3, -0.25) is 0 Å². The molecule has 0 amide bonds. The van der Waals surface area contributed by atoms with E-state index in [-0.39, 0.29) is 5.41 Å². The predicted molar refractivity (Wildman–Crippen MR) is 87.1 cm³/mol. The summed E-state index contributed by atoms with van der Waals surface area (Å²) in [5.41, 5.74) is 1.39. The second-order valence-corrected chi connectivity index (χ2v) is 7.22. The van der Waals surface area contributed by atoms with Crippen LogP contribution in [0.1, 0.15) is 26.3 Å². The van der Waals surface area contributed by atoms with E-state index in [1.165, 1.54) is 5.56 Å². The summed E-state index contributed by atoms with van der Waals surface area (Å²) in [6.45, 7) is 6.59. The van der Waals surface area contributed by atoms with Crippen molar-refractivity contribution >= 4 is 31.9 Å². The Hall–Kier alpha value is -0.800. The lowest BCUT2D eigenvalue weighted by atomic mass is 9.87. The molecule has 0 aliphatic heterocycles. The SMILES string of the molecule is CC(C)(C)c1ccc(Oc2ccc(Br)cc2)cc1Br. The first-order chi connectivity index (χ1) is 8.86. The van der Waals surface area contributed by atoms with Gasteiger partial charge < -0.3 is 4.74 Å². The molecule has 1 nitrogen and oxygen atoms in total. The topological polar surface area (TPSA) is 9.23 Å². The fourth-order valence-electron chi connectivity index (χ4n) is 1.81. The van der Waals surface area contributed by atoms with Gasteiger partial charge in [0.1, 0.15) is 11.5 Å². The van der Waals surface area contributed by atoms with Crippen LogP contribution < -0.4 is 4.74 Å². The third-order valence-corrected chi connectivity index (χ3v) is 3.98. The summed E-state index contributed by atoms with van der Waals surface area (Å²) >= 11 is 7.03. The number of benzene rings is 2. The molecule has 0 radical (unpaired) electrons. The molecule has 2 aromatic carbocycles. The zero-order valence-corrected chi connectivity index (χ0v) is 14.4. The molecule has 0 fully saturated rings. The highest BCUT2D eigenvalue weighted by molar-refractivity contribution is 9.10. The zero-order valence-electron chi connectivity index (χ0n) is 11.2. The molecule has 0 bridgehead atoms. The molecule has 0 N–H and O–H groups in total. The van der Waals surface area contributed by atoms with Crippen LogP contribution in [0.25, 0.3) is 0 Å². The molecule has 3 heteroatoms.